The fourth-order valence-electron chi connectivity index (χ4n) is 1.34. The maximum atomic E-state index is 3.18. The van der Waals surface area contributed by atoms with Gasteiger partial charge in [-0.05, 0) is 18.9 Å². The van der Waals surface area contributed by atoms with E-state index in [1.165, 1.54) is 24.1 Å². The van der Waals surface area contributed by atoms with E-state index in [2.05, 4.69) is 22.5 Å². The normalized spacial score (nSPS) is 22.4. The second-order valence-electron chi connectivity index (χ2n) is 2.59. The van der Waals surface area contributed by atoms with Gasteiger partial charge in [-0.25, -0.2) is 5.32 Å². The Morgan fingerprint density at radius 1 is 1.30 bits per heavy atom. The summed E-state index contributed by atoms with van der Waals surface area (Å²) in [6.45, 7) is 0.985. The summed E-state index contributed by atoms with van der Waals surface area (Å²) in [5.41, 5.74) is 2.71. The van der Waals surface area contributed by atoms with E-state index in [9.17, 15) is 0 Å². The van der Waals surface area contributed by atoms with E-state index < -0.39 is 0 Å². The van der Waals surface area contributed by atoms with Crippen LogP contribution in [0.5, 0.6) is 0 Å². The zero-order valence-electron chi connectivity index (χ0n) is 5.85. The van der Waals surface area contributed by atoms with Gasteiger partial charge in [0, 0.05) is 5.57 Å². The van der Waals surface area contributed by atoms with E-state index in [-0.39, 0.29) is 0 Å². The second-order valence-corrected chi connectivity index (χ2v) is 2.59. The topological polar surface area (TPSA) is 26.0 Å². The molecule has 0 atom stereocenters. The van der Waals surface area contributed by atoms with Crippen molar-refractivity contribution in [1.29, 1.82) is 0 Å². The summed E-state index contributed by atoms with van der Waals surface area (Å²) >= 11 is 0. The van der Waals surface area contributed by atoms with E-state index >= 15 is 0 Å². The van der Waals surface area contributed by atoms with Crippen LogP contribution in [0.4, 0.5) is 0 Å². The molecule has 0 spiro atoms. The van der Waals surface area contributed by atoms with Crippen molar-refractivity contribution in [1.82, 2.24) is 5.32 Å². The maximum absolute atomic E-state index is 3.18. The molecule has 0 unspecified atom stereocenters. The summed E-state index contributed by atoms with van der Waals surface area (Å²) in [5.74, 6) is 0. The fraction of sp³-hybridized carbons (Fsp3) is 0.375. The molecule has 2 N–H and O–H groups in total. The molecule has 0 radical (unpaired) electrons. The molecule has 1 aliphatic carbocycles. The molecule has 0 amide bonds. The first-order valence-corrected chi connectivity index (χ1v) is 3.68. The van der Waals surface area contributed by atoms with Gasteiger partial charge in [-0.2, -0.15) is 0 Å². The van der Waals surface area contributed by atoms with Crippen LogP contribution in [0.15, 0.2) is 23.4 Å². The molecule has 10 heavy (non-hydrogen) atoms. The Morgan fingerprint density at radius 3 is 3.10 bits per heavy atom. The third-order valence-electron chi connectivity index (χ3n) is 1.87. The highest BCUT2D eigenvalue weighted by atomic mass is 15.0. The molecule has 2 heteroatoms. The smallest absolute Gasteiger partial charge is 0.235 e. The Bertz CT molecular complexity index is 199. The monoisotopic (exact) mass is 135 g/mol. The average molecular weight is 135 g/mol. The van der Waals surface area contributed by atoms with Crippen molar-refractivity contribution in [2.24, 2.45) is 0 Å². The number of nitrogens with one attached hydrogen (secondary N) is 2. The largest absolute Gasteiger partial charge is 0.276 e. The van der Waals surface area contributed by atoms with Gasteiger partial charge in [0.05, 0.1) is 0 Å². The third-order valence-corrected chi connectivity index (χ3v) is 1.87. The van der Waals surface area contributed by atoms with Gasteiger partial charge in [-0.1, -0.05) is 6.08 Å². The van der Waals surface area contributed by atoms with Crippen LogP contribution in [0.1, 0.15) is 12.8 Å². The summed E-state index contributed by atoms with van der Waals surface area (Å²) in [6.07, 6.45) is 8.82. The Morgan fingerprint density at radius 2 is 2.20 bits per heavy atom. The quantitative estimate of drug-likeness (QED) is 0.451. The highest BCUT2D eigenvalue weighted by molar-refractivity contribution is 5.56. The van der Waals surface area contributed by atoms with E-state index in [1.54, 1.807) is 0 Å². The lowest BCUT2D eigenvalue weighted by Crippen LogP contribution is -2.74. The van der Waals surface area contributed by atoms with Crippen molar-refractivity contribution in [2.75, 3.05) is 6.54 Å². The van der Waals surface area contributed by atoms with E-state index in [0.29, 0.717) is 0 Å². The Balaban J connectivity index is 2.30. The van der Waals surface area contributed by atoms with Gasteiger partial charge in [-0.15, -0.1) is 0 Å². The minimum atomic E-state index is 0.985. The van der Waals surface area contributed by atoms with Gasteiger partial charge in [0.25, 0.3) is 0 Å². The van der Waals surface area contributed by atoms with Crippen LogP contribution in [-0.2, 0) is 0 Å². The van der Waals surface area contributed by atoms with Crippen molar-refractivity contribution in [2.45, 2.75) is 12.8 Å². The third kappa shape index (κ3) is 0.856. The van der Waals surface area contributed by atoms with Crippen molar-refractivity contribution < 1.29 is 4.99 Å². The number of allylic oxidation sites excluding steroid dienone is 2. The molecule has 0 saturated heterocycles. The van der Waals surface area contributed by atoms with Gasteiger partial charge >= 0.3 is 0 Å². The number of rotatable bonds is 0. The molecule has 0 bridgehead atoms. The fourth-order valence-corrected chi connectivity index (χ4v) is 1.34. The molecule has 2 nitrogen and oxygen atoms in total. The van der Waals surface area contributed by atoms with E-state index in [4.69, 9.17) is 0 Å². The molecular formula is C8H11N2+. The molecule has 52 valence electrons. The van der Waals surface area contributed by atoms with Crippen LogP contribution in [0.2, 0.25) is 0 Å². The lowest BCUT2D eigenvalue weighted by molar-refractivity contribution is -0.445. The van der Waals surface area contributed by atoms with Crippen molar-refractivity contribution in [3.63, 3.8) is 0 Å². The molecule has 1 aliphatic heterocycles. The molecule has 0 saturated carbocycles. The van der Waals surface area contributed by atoms with Crippen molar-refractivity contribution in [3.8, 4) is 0 Å². The zero-order valence-corrected chi connectivity index (χ0v) is 5.85. The Hall–Kier alpha value is -1.05. The first kappa shape index (κ1) is 5.71. The van der Waals surface area contributed by atoms with E-state index in [1.807, 2.05) is 6.34 Å². The van der Waals surface area contributed by atoms with E-state index in [0.717, 1.165) is 6.54 Å². The Kier molecular flexibility index (Phi) is 1.31. The summed E-state index contributed by atoms with van der Waals surface area (Å²) < 4.78 is 0. The van der Waals surface area contributed by atoms with Crippen LogP contribution in [0, 0.1) is 0 Å². The number of fused-ring (bicyclic) bond motifs is 1. The number of hydrogen-bond donors (Lipinski definition) is 2. The van der Waals surface area contributed by atoms with Crippen LogP contribution < -0.4 is 10.3 Å². The van der Waals surface area contributed by atoms with Crippen molar-refractivity contribution >= 4 is 6.34 Å². The lowest BCUT2D eigenvalue weighted by atomic mass is 10.0. The SMILES string of the molecule is C1=[NH+]CC2=CCCC=C2N1. The minimum Gasteiger partial charge on any atom is -0.276 e. The van der Waals surface area contributed by atoms with Gasteiger partial charge in [-0.3, -0.25) is 4.99 Å². The second kappa shape index (κ2) is 2.29. The van der Waals surface area contributed by atoms with Gasteiger partial charge < -0.3 is 0 Å². The number of hydrogen-bond acceptors (Lipinski definition) is 1. The molecular weight excluding hydrogens is 124 g/mol. The van der Waals surface area contributed by atoms with Gasteiger partial charge in [0.2, 0.25) is 6.34 Å². The van der Waals surface area contributed by atoms with Gasteiger partial charge in [0.15, 0.2) is 0 Å². The molecule has 0 aromatic carbocycles. The van der Waals surface area contributed by atoms with Gasteiger partial charge in [0.1, 0.15) is 12.2 Å². The predicted octanol–water partition coefficient (Wildman–Crippen LogP) is -0.697. The lowest BCUT2D eigenvalue weighted by Gasteiger charge is -2.12. The summed E-state index contributed by atoms with van der Waals surface area (Å²) in [7, 11) is 0. The van der Waals surface area contributed by atoms with Crippen LogP contribution in [-0.4, -0.2) is 12.9 Å². The highest BCUT2D eigenvalue weighted by Gasteiger charge is 2.14. The minimum absolute atomic E-state index is 0.985. The molecule has 0 fully saturated rings. The Labute approximate surface area is 60.3 Å². The summed E-state index contributed by atoms with van der Waals surface area (Å²) in [5, 5.41) is 3.18. The van der Waals surface area contributed by atoms with Crippen LogP contribution in [0.25, 0.3) is 0 Å². The average Bonchev–Trinajstić information content (AvgIpc) is 2.05. The highest BCUT2D eigenvalue weighted by Crippen LogP contribution is 2.14. The molecule has 0 aromatic heterocycles. The zero-order chi connectivity index (χ0) is 6.81. The van der Waals surface area contributed by atoms with Crippen molar-refractivity contribution in [3.05, 3.63) is 23.4 Å². The molecule has 0 aromatic rings. The summed E-state index contributed by atoms with van der Waals surface area (Å²) in [4.78, 5) is 3.14. The first-order chi connectivity index (χ1) is 4.97. The first-order valence-electron chi connectivity index (χ1n) is 3.68. The predicted molar refractivity (Wildman–Crippen MR) is 40.4 cm³/mol. The van der Waals surface area contributed by atoms with Crippen LogP contribution in [0.3, 0.4) is 0 Å². The van der Waals surface area contributed by atoms with Crippen LogP contribution >= 0.6 is 0 Å². The molecule has 2 aliphatic rings. The maximum Gasteiger partial charge on any atom is 0.235 e. The molecule has 2 rings (SSSR count). The summed E-state index contributed by atoms with van der Waals surface area (Å²) in [6, 6.07) is 0. The standard InChI is InChI=1S/C8H10N2/c1-2-4-8-7(3-1)5-9-6-10-8/h3-4,6H,1-2,5H2,(H,9,10)/p+1. The molecule has 1 heterocycles.